The van der Waals surface area contributed by atoms with Crippen molar-refractivity contribution in [2.45, 2.75) is 52.2 Å². The number of halogens is 1. The number of hydrogen-bond acceptors (Lipinski definition) is 8. The van der Waals surface area contributed by atoms with Crippen molar-refractivity contribution in [3.05, 3.63) is 33.9 Å². The first-order chi connectivity index (χ1) is 16.8. The lowest BCUT2D eigenvalue weighted by atomic mass is 9.88. The Labute approximate surface area is 206 Å². The Morgan fingerprint density at radius 1 is 1.36 bits per heavy atom. The first-order valence-electron chi connectivity index (χ1n) is 11.6. The highest BCUT2D eigenvalue weighted by atomic mass is 19.1. The second kappa shape index (κ2) is 9.07. The summed E-state index contributed by atoms with van der Waals surface area (Å²) in [5, 5.41) is 16.2. The van der Waals surface area contributed by atoms with Gasteiger partial charge in [0.25, 0.3) is 0 Å². The number of nitrogens with zero attached hydrogens (tertiary/aromatic N) is 4. The van der Waals surface area contributed by atoms with Crippen LogP contribution < -0.4 is 15.6 Å². The lowest BCUT2D eigenvalue weighted by Crippen LogP contribution is -2.43. The van der Waals surface area contributed by atoms with Gasteiger partial charge >= 0.3 is 12.1 Å². The predicted octanol–water partition coefficient (Wildman–Crippen LogP) is 2.92. The van der Waals surface area contributed by atoms with Gasteiger partial charge in [0, 0.05) is 30.7 Å². The molecule has 1 atom stereocenters. The highest BCUT2D eigenvalue weighted by Gasteiger charge is 2.43. The lowest BCUT2D eigenvalue weighted by molar-refractivity contribution is 0.0515. The number of carbonyl (C=O) groups is 2. The van der Waals surface area contributed by atoms with Crippen LogP contribution in [0.15, 0.2) is 22.2 Å². The van der Waals surface area contributed by atoms with Crippen LogP contribution in [0.1, 0.15) is 56.9 Å². The van der Waals surface area contributed by atoms with Crippen LogP contribution in [0.2, 0.25) is 0 Å². The number of anilines is 1. The third kappa shape index (κ3) is 4.98. The van der Waals surface area contributed by atoms with Gasteiger partial charge in [-0.05, 0) is 39.7 Å². The predicted molar refractivity (Wildman–Crippen MR) is 130 cm³/mol. The lowest BCUT2D eigenvalue weighted by Gasteiger charge is -2.27. The summed E-state index contributed by atoms with van der Waals surface area (Å²) in [7, 11) is 1.40. The van der Waals surface area contributed by atoms with E-state index in [1.165, 1.54) is 13.3 Å². The van der Waals surface area contributed by atoms with Crippen LogP contribution in [0, 0.1) is 11.2 Å². The van der Waals surface area contributed by atoms with Crippen molar-refractivity contribution >= 4 is 34.6 Å². The molecule has 2 fully saturated rings. The number of rotatable bonds is 6. The number of nitrogens with one attached hydrogen (secondary N) is 1. The number of amides is 1. The zero-order valence-corrected chi connectivity index (χ0v) is 20.9. The minimum absolute atomic E-state index is 0.00386. The Kier molecular flexibility index (Phi) is 6.40. The molecule has 0 radical (unpaired) electrons. The molecular weight excluding hydrogens is 473 g/mol. The Morgan fingerprint density at radius 3 is 2.64 bits per heavy atom. The van der Waals surface area contributed by atoms with Crippen LogP contribution in [-0.4, -0.2) is 64.8 Å². The van der Waals surface area contributed by atoms with Crippen LogP contribution in [0.3, 0.4) is 0 Å². The van der Waals surface area contributed by atoms with Crippen LogP contribution in [0.25, 0.3) is 11.0 Å². The third-order valence-electron chi connectivity index (χ3n) is 6.21. The average molecular weight is 504 g/mol. The standard InChI is InChI=1S/C24H30FN5O6/c1-23(2,3)36-22(34)26-11-24(4)12-29(10-17(24)28-35-5)20-16(25)8-14-18(31)15(21(32)33)9-30(13-6-7-13)19(14)27-20/h8-9,13H,6-7,10-12H2,1-5H3,(H,26,34)(H,32,33). The summed E-state index contributed by atoms with van der Waals surface area (Å²) < 4.78 is 22.3. The van der Waals surface area contributed by atoms with E-state index in [1.54, 1.807) is 30.2 Å². The maximum Gasteiger partial charge on any atom is 0.407 e. The second-order valence-electron chi connectivity index (χ2n) is 10.5. The van der Waals surface area contributed by atoms with E-state index in [0.717, 1.165) is 18.9 Å². The first kappa shape index (κ1) is 25.4. The normalized spacial score (nSPS) is 21.2. The van der Waals surface area contributed by atoms with Crippen molar-refractivity contribution in [1.29, 1.82) is 0 Å². The SMILES string of the molecule is CON=C1CN(c2nc3c(cc2F)c(=O)c(C(=O)O)cn3C2CC2)CC1(C)CNC(=O)OC(C)(C)C. The summed E-state index contributed by atoms with van der Waals surface area (Å²) in [4.78, 5) is 47.7. The first-order valence-corrected chi connectivity index (χ1v) is 11.6. The smallest absolute Gasteiger partial charge is 0.407 e. The van der Waals surface area contributed by atoms with Crippen molar-refractivity contribution in [2.24, 2.45) is 10.6 Å². The highest BCUT2D eigenvalue weighted by molar-refractivity contribution is 5.98. The van der Waals surface area contributed by atoms with E-state index in [-0.39, 0.29) is 42.5 Å². The van der Waals surface area contributed by atoms with E-state index >= 15 is 4.39 Å². The summed E-state index contributed by atoms with van der Waals surface area (Å²) in [6, 6.07) is 1.05. The van der Waals surface area contributed by atoms with E-state index in [1.807, 2.05) is 6.92 Å². The molecular formula is C24H30FN5O6. The van der Waals surface area contributed by atoms with E-state index in [9.17, 15) is 19.5 Å². The van der Waals surface area contributed by atoms with Gasteiger partial charge in [-0.2, -0.15) is 0 Å². The summed E-state index contributed by atoms with van der Waals surface area (Å²) in [6.07, 6.45) is 2.33. The topological polar surface area (TPSA) is 135 Å². The zero-order valence-electron chi connectivity index (χ0n) is 20.9. The number of ether oxygens (including phenoxy) is 1. The molecule has 1 saturated carbocycles. The molecule has 1 aliphatic carbocycles. The Balaban J connectivity index is 1.69. The molecule has 0 spiro atoms. The number of pyridine rings is 2. The highest BCUT2D eigenvalue weighted by Crippen LogP contribution is 2.38. The molecule has 1 amide bonds. The van der Waals surface area contributed by atoms with Gasteiger partial charge < -0.3 is 29.5 Å². The monoisotopic (exact) mass is 503 g/mol. The largest absolute Gasteiger partial charge is 0.477 e. The molecule has 36 heavy (non-hydrogen) atoms. The van der Waals surface area contributed by atoms with Crippen LogP contribution >= 0.6 is 0 Å². The number of aromatic carboxylic acids is 1. The fourth-order valence-corrected chi connectivity index (χ4v) is 4.32. The molecule has 2 N–H and O–H groups in total. The molecule has 1 saturated heterocycles. The summed E-state index contributed by atoms with van der Waals surface area (Å²) in [5.41, 5.74) is -1.77. The van der Waals surface area contributed by atoms with E-state index < -0.39 is 39.9 Å². The third-order valence-corrected chi connectivity index (χ3v) is 6.21. The van der Waals surface area contributed by atoms with Crippen LogP contribution in [0.5, 0.6) is 0 Å². The summed E-state index contributed by atoms with van der Waals surface area (Å²) >= 11 is 0. The minimum atomic E-state index is -1.37. The number of hydrogen-bond donors (Lipinski definition) is 2. The molecule has 2 aromatic rings. The van der Waals surface area contributed by atoms with Gasteiger partial charge in [0.1, 0.15) is 23.9 Å². The van der Waals surface area contributed by atoms with Crippen molar-refractivity contribution in [3.8, 4) is 0 Å². The Hall–Kier alpha value is -3.70. The number of oxime groups is 1. The quantitative estimate of drug-likeness (QED) is 0.575. The van der Waals surface area contributed by atoms with Gasteiger partial charge in [-0.25, -0.2) is 19.0 Å². The van der Waals surface area contributed by atoms with Crippen LogP contribution in [-0.2, 0) is 9.57 Å². The van der Waals surface area contributed by atoms with Crippen molar-refractivity contribution in [1.82, 2.24) is 14.9 Å². The van der Waals surface area contributed by atoms with Crippen molar-refractivity contribution in [3.63, 3.8) is 0 Å². The number of carboxylic acids is 1. The molecule has 4 rings (SSSR count). The number of carboxylic acid groups (broad SMARTS) is 1. The number of fused-ring (bicyclic) bond motifs is 1. The van der Waals surface area contributed by atoms with Gasteiger partial charge in [0.2, 0.25) is 5.43 Å². The maximum absolute atomic E-state index is 15.3. The van der Waals surface area contributed by atoms with Gasteiger partial charge in [0.15, 0.2) is 11.6 Å². The minimum Gasteiger partial charge on any atom is -0.477 e. The Morgan fingerprint density at radius 2 is 2.06 bits per heavy atom. The number of carbonyl (C=O) groups excluding carboxylic acids is 1. The molecule has 11 nitrogen and oxygen atoms in total. The van der Waals surface area contributed by atoms with Crippen molar-refractivity contribution in [2.75, 3.05) is 31.6 Å². The second-order valence-corrected chi connectivity index (χ2v) is 10.5. The summed E-state index contributed by atoms with van der Waals surface area (Å²) in [6.45, 7) is 7.73. The van der Waals surface area contributed by atoms with Gasteiger partial charge in [0.05, 0.1) is 17.6 Å². The average Bonchev–Trinajstić information content (AvgIpc) is 3.56. The van der Waals surface area contributed by atoms with Gasteiger partial charge in [-0.15, -0.1) is 0 Å². The van der Waals surface area contributed by atoms with E-state index in [0.29, 0.717) is 5.71 Å². The maximum atomic E-state index is 15.3. The van der Waals surface area contributed by atoms with Crippen LogP contribution in [0.4, 0.5) is 15.0 Å². The molecule has 0 bridgehead atoms. The molecule has 1 aliphatic heterocycles. The molecule has 12 heteroatoms. The van der Waals surface area contributed by atoms with Gasteiger partial charge in [-0.1, -0.05) is 12.1 Å². The van der Waals surface area contributed by atoms with E-state index in [2.05, 4.69) is 15.5 Å². The van der Waals surface area contributed by atoms with Gasteiger partial charge in [-0.3, -0.25) is 4.79 Å². The fourth-order valence-electron chi connectivity index (χ4n) is 4.32. The fraction of sp³-hybridized carbons (Fsp3) is 0.542. The Bertz CT molecular complexity index is 1310. The summed E-state index contributed by atoms with van der Waals surface area (Å²) in [5.74, 6) is -2.12. The number of aromatic nitrogens is 2. The molecule has 2 aliphatic rings. The molecule has 1 unspecified atom stereocenters. The zero-order chi connectivity index (χ0) is 26.4. The molecule has 194 valence electrons. The number of alkyl carbamates (subject to hydrolysis) is 1. The molecule has 0 aromatic carbocycles. The molecule has 2 aromatic heterocycles. The van der Waals surface area contributed by atoms with Crippen molar-refractivity contribution < 1.29 is 28.7 Å². The van der Waals surface area contributed by atoms with E-state index in [4.69, 9.17) is 9.57 Å². The molecule has 3 heterocycles.